The second kappa shape index (κ2) is 6.28. The van der Waals surface area contributed by atoms with E-state index in [9.17, 15) is 0 Å². The fourth-order valence-corrected chi connectivity index (χ4v) is 3.07. The van der Waals surface area contributed by atoms with Crippen molar-refractivity contribution in [1.29, 1.82) is 0 Å². The van der Waals surface area contributed by atoms with E-state index in [0.717, 1.165) is 32.4 Å². The van der Waals surface area contributed by atoms with Crippen LogP contribution >= 0.6 is 15.9 Å². The summed E-state index contributed by atoms with van der Waals surface area (Å²) in [6, 6.07) is 11.7. The molecule has 0 amide bonds. The van der Waals surface area contributed by atoms with Gasteiger partial charge in [0.1, 0.15) is 25.6 Å². The number of aryl methyl sites for hydroxylation is 1. The van der Waals surface area contributed by atoms with E-state index >= 15 is 0 Å². The highest BCUT2D eigenvalue weighted by molar-refractivity contribution is 9.10. The molecule has 0 spiro atoms. The minimum Gasteiger partial charge on any atom is -0.486 e. The molecule has 0 saturated heterocycles. The Labute approximate surface area is 147 Å². The van der Waals surface area contributed by atoms with Gasteiger partial charge in [-0.25, -0.2) is 4.98 Å². The first kappa shape index (κ1) is 15.2. The Morgan fingerprint density at radius 3 is 2.67 bits per heavy atom. The molecule has 0 N–H and O–H groups in total. The molecule has 3 aromatic rings. The highest BCUT2D eigenvalue weighted by Gasteiger charge is 2.16. The third-order valence-electron chi connectivity index (χ3n) is 3.76. The van der Waals surface area contributed by atoms with Crippen LogP contribution in [0.3, 0.4) is 0 Å². The third kappa shape index (κ3) is 2.89. The van der Waals surface area contributed by atoms with Crippen molar-refractivity contribution in [3.8, 4) is 17.4 Å². The molecule has 2 aromatic carbocycles. The molecule has 1 aliphatic rings. The summed E-state index contributed by atoms with van der Waals surface area (Å²) in [6.45, 7) is 3.36. The normalized spacial score (nSPS) is 13.1. The highest BCUT2D eigenvalue weighted by atomic mass is 79.9. The van der Waals surface area contributed by atoms with Crippen molar-refractivity contribution >= 4 is 26.8 Å². The first-order valence-corrected chi connectivity index (χ1v) is 8.44. The molecule has 2 heterocycles. The minimum absolute atomic E-state index is 0.373. The molecule has 5 nitrogen and oxygen atoms in total. The number of ether oxygens (including phenoxy) is 3. The molecular weight excluding hydrogens is 372 g/mol. The fourth-order valence-electron chi connectivity index (χ4n) is 2.63. The second-order valence-corrected chi connectivity index (χ2v) is 6.32. The maximum absolute atomic E-state index is 5.98. The zero-order valence-corrected chi connectivity index (χ0v) is 14.7. The quantitative estimate of drug-likeness (QED) is 0.679. The molecule has 0 saturated carbocycles. The topological polar surface area (TPSA) is 53.5 Å². The summed E-state index contributed by atoms with van der Waals surface area (Å²) in [4.78, 5) is 8.86. The number of hydrogen-bond donors (Lipinski definition) is 0. The lowest BCUT2D eigenvalue weighted by Gasteiger charge is -2.20. The van der Waals surface area contributed by atoms with Gasteiger partial charge in [-0.2, -0.15) is 4.98 Å². The number of halogens is 1. The number of hydrogen-bond acceptors (Lipinski definition) is 5. The van der Waals surface area contributed by atoms with Crippen LogP contribution in [-0.4, -0.2) is 23.2 Å². The van der Waals surface area contributed by atoms with E-state index in [1.54, 1.807) is 0 Å². The standard InChI is InChI=1S/C18H15BrN2O3/c1-11-20-15-5-3-2-4-13(15)18(21-11)24-10-12-8-16-17(9-14(12)19)23-7-6-22-16/h2-5,8-9H,6-7,10H2,1H3. The van der Waals surface area contributed by atoms with E-state index in [1.807, 2.05) is 43.3 Å². The number of para-hydroxylation sites is 1. The summed E-state index contributed by atoms with van der Waals surface area (Å²) in [6.07, 6.45) is 0. The van der Waals surface area contributed by atoms with Crippen molar-refractivity contribution in [2.45, 2.75) is 13.5 Å². The number of fused-ring (bicyclic) bond motifs is 2. The summed E-state index contributed by atoms with van der Waals surface area (Å²) in [7, 11) is 0. The zero-order valence-electron chi connectivity index (χ0n) is 13.1. The van der Waals surface area contributed by atoms with Crippen molar-refractivity contribution in [3.05, 3.63) is 52.3 Å². The maximum Gasteiger partial charge on any atom is 0.225 e. The lowest BCUT2D eigenvalue weighted by Crippen LogP contribution is -2.15. The molecule has 6 heteroatoms. The molecule has 0 unspecified atom stereocenters. The van der Waals surface area contributed by atoms with Gasteiger partial charge in [0.15, 0.2) is 11.5 Å². The van der Waals surface area contributed by atoms with E-state index in [4.69, 9.17) is 14.2 Å². The molecule has 122 valence electrons. The lowest BCUT2D eigenvalue weighted by molar-refractivity contribution is 0.170. The molecule has 1 aliphatic heterocycles. The summed E-state index contributed by atoms with van der Waals surface area (Å²) in [5.74, 6) is 2.76. The van der Waals surface area contributed by atoms with Crippen LogP contribution in [0.25, 0.3) is 10.9 Å². The molecule has 0 atom stereocenters. The maximum atomic E-state index is 5.98. The van der Waals surface area contributed by atoms with Crippen molar-refractivity contribution in [2.75, 3.05) is 13.2 Å². The predicted octanol–water partition coefficient (Wildman–Crippen LogP) is 4.05. The van der Waals surface area contributed by atoms with Crippen LogP contribution in [0.4, 0.5) is 0 Å². The lowest BCUT2D eigenvalue weighted by atomic mass is 10.2. The summed E-state index contributed by atoms with van der Waals surface area (Å²) in [5, 5.41) is 0.900. The van der Waals surface area contributed by atoms with Gasteiger partial charge in [0, 0.05) is 10.0 Å². The fraction of sp³-hybridized carbons (Fsp3) is 0.222. The zero-order chi connectivity index (χ0) is 16.5. The van der Waals surface area contributed by atoms with Gasteiger partial charge < -0.3 is 14.2 Å². The van der Waals surface area contributed by atoms with E-state index in [0.29, 0.717) is 31.5 Å². The minimum atomic E-state index is 0.373. The highest BCUT2D eigenvalue weighted by Crippen LogP contribution is 2.36. The van der Waals surface area contributed by atoms with Gasteiger partial charge in [0.2, 0.25) is 5.88 Å². The van der Waals surface area contributed by atoms with Crippen molar-refractivity contribution in [1.82, 2.24) is 9.97 Å². The van der Waals surface area contributed by atoms with Crippen molar-refractivity contribution in [3.63, 3.8) is 0 Å². The summed E-state index contributed by atoms with van der Waals surface area (Å²) in [5.41, 5.74) is 1.85. The molecule has 0 radical (unpaired) electrons. The molecule has 0 fully saturated rings. The number of nitrogens with zero attached hydrogens (tertiary/aromatic N) is 2. The van der Waals surface area contributed by atoms with Crippen LogP contribution in [-0.2, 0) is 6.61 Å². The third-order valence-corrected chi connectivity index (χ3v) is 4.49. The summed E-state index contributed by atoms with van der Waals surface area (Å²) < 4.78 is 18.1. The Hall–Kier alpha value is -2.34. The van der Waals surface area contributed by atoms with Gasteiger partial charge in [-0.1, -0.05) is 28.1 Å². The number of benzene rings is 2. The first-order chi connectivity index (χ1) is 11.7. The molecule has 0 bridgehead atoms. The first-order valence-electron chi connectivity index (χ1n) is 7.65. The van der Waals surface area contributed by atoms with Crippen LogP contribution in [0.15, 0.2) is 40.9 Å². The van der Waals surface area contributed by atoms with E-state index in [-0.39, 0.29) is 0 Å². The van der Waals surface area contributed by atoms with Gasteiger partial charge >= 0.3 is 0 Å². The largest absolute Gasteiger partial charge is 0.486 e. The molecular formula is C18H15BrN2O3. The average molecular weight is 387 g/mol. The van der Waals surface area contributed by atoms with Gasteiger partial charge in [-0.05, 0) is 31.2 Å². The smallest absolute Gasteiger partial charge is 0.225 e. The Balaban J connectivity index is 1.64. The Bertz CT molecular complexity index is 914. The van der Waals surface area contributed by atoms with Crippen molar-refractivity contribution in [2.24, 2.45) is 0 Å². The second-order valence-electron chi connectivity index (χ2n) is 5.47. The Kier molecular flexibility index (Phi) is 3.98. The van der Waals surface area contributed by atoms with Crippen LogP contribution in [0.2, 0.25) is 0 Å². The van der Waals surface area contributed by atoms with Gasteiger partial charge in [0.05, 0.1) is 10.9 Å². The monoisotopic (exact) mass is 386 g/mol. The summed E-state index contributed by atoms with van der Waals surface area (Å²) >= 11 is 3.56. The van der Waals surface area contributed by atoms with E-state index in [2.05, 4.69) is 25.9 Å². The molecule has 0 aliphatic carbocycles. The van der Waals surface area contributed by atoms with Crippen LogP contribution in [0.1, 0.15) is 11.4 Å². The number of rotatable bonds is 3. The SMILES string of the molecule is Cc1nc(OCc2cc3c(cc2Br)OCCO3)c2ccccc2n1. The Morgan fingerprint density at radius 1 is 1.08 bits per heavy atom. The van der Waals surface area contributed by atoms with Crippen LogP contribution in [0, 0.1) is 6.92 Å². The van der Waals surface area contributed by atoms with Crippen LogP contribution < -0.4 is 14.2 Å². The number of aromatic nitrogens is 2. The van der Waals surface area contributed by atoms with Gasteiger partial charge in [-0.15, -0.1) is 0 Å². The average Bonchev–Trinajstić information content (AvgIpc) is 2.59. The molecule has 1 aromatic heterocycles. The van der Waals surface area contributed by atoms with Gasteiger partial charge in [0.25, 0.3) is 0 Å². The van der Waals surface area contributed by atoms with E-state index < -0.39 is 0 Å². The van der Waals surface area contributed by atoms with Crippen LogP contribution in [0.5, 0.6) is 17.4 Å². The predicted molar refractivity (Wildman–Crippen MR) is 93.7 cm³/mol. The van der Waals surface area contributed by atoms with Crippen molar-refractivity contribution < 1.29 is 14.2 Å². The molecule has 4 rings (SSSR count). The molecule has 24 heavy (non-hydrogen) atoms. The van der Waals surface area contributed by atoms with E-state index in [1.165, 1.54) is 0 Å². The van der Waals surface area contributed by atoms with Gasteiger partial charge in [-0.3, -0.25) is 0 Å². The Morgan fingerprint density at radius 2 is 1.83 bits per heavy atom.